The Kier molecular flexibility index (Phi) is 5.66. The molecular formula is C13H25N3OS. The summed E-state index contributed by atoms with van der Waals surface area (Å²) in [6, 6.07) is 0. The lowest BCUT2D eigenvalue weighted by molar-refractivity contribution is 0.332. The molecule has 1 atom stereocenters. The average Bonchev–Trinajstić information content (AvgIpc) is 2.70. The molecule has 1 unspecified atom stereocenters. The van der Waals surface area contributed by atoms with Gasteiger partial charge in [0.15, 0.2) is 5.82 Å². The number of nitrogens with two attached hydrogens (primary N) is 1. The lowest BCUT2D eigenvalue weighted by Crippen LogP contribution is -2.15. The number of thioether (sulfide) groups is 1. The second-order valence-corrected chi connectivity index (χ2v) is 7.81. The highest BCUT2D eigenvalue weighted by atomic mass is 32.2. The molecule has 0 spiro atoms. The number of aromatic nitrogens is 2. The van der Waals surface area contributed by atoms with E-state index in [0.29, 0.717) is 18.4 Å². The molecular weight excluding hydrogens is 246 g/mol. The molecule has 1 rings (SSSR count). The highest BCUT2D eigenvalue weighted by Gasteiger charge is 2.20. The number of rotatable bonds is 6. The van der Waals surface area contributed by atoms with Gasteiger partial charge in [0.05, 0.1) is 11.7 Å². The van der Waals surface area contributed by atoms with Crippen LogP contribution in [0.1, 0.15) is 58.7 Å². The van der Waals surface area contributed by atoms with Gasteiger partial charge < -0.3 is 10.3 Å². The summed E-state index contributed by atoms with van der Waals surface area (Å²) in [6.45, 7) is 11.5. The predicted molar refractivity (Wildman–Crippen MR) is 76.6 cm³/mol. The normalized spacial score (nSPS) is 14.2. The molecule has 0 fully saturated rings. The molecule has 1 aromatic heterocycles. The average molecular weight is 271 g/mol. The van der Waals surface area contributed by atoms with Crippen molar-refractivity contribution in [2.45, 2.75) is 57.5 Å². The van der Waals surface area contributed by atoms with Gasteiger partial charge in [-0.1, -0.05) is 39.8 Å². The standard InChI is InChI=1S/C13H25N3OS/c1-9(2)6-10(7-14)12-15-11(16-17-12)8-18-13(3,4)5/h9-10H,6-8,14H2,1-5H3. The van der Waals surface area contributed by atoms with E-state index in [9.17, 15) is 0 Å². The Balaban J connectivity index is 2.61. The number of hydrogen-bond donors (Lipinski definition) is 1. The van der Waals surface area contributed by atoms with Gasteiger partial charge in [-0.3, -0.25) is 0 Å². The van der Waals surface area contributed by atoms with E-state index in [1.165, 1.54) is 0 Å². The maximum Gasteiger partial charge on any atom is 0.231 e. The van der Waals surface area contributed by atoms with E-state index < -0.39 is 0 Å². The molecule has 0 aliphatic heterocycles. The first-order valence-corrected chi connectivity index (χ1v) is 7.47. The van der Waals surface area contributed by atoms with Crippen molar-refractivity contribution >= 4 is 11.8 Å². The molecule has 0 aromatic carbocycles. The van der Waals surface area contributed by atoms with Crippen LogP contribution in [-0.4, -0.2) is 21.4 Å². The zero-order valence-corrected chi connectivity index (χ0v) is 12.9. The molecule has 0 aliphatic rings. The van der Waals surface area contributed by atoms with E-state index >= 15 is 0 Å². The Morgan fingerprint density at radius 3 is 2.50 bits per heavy atom. The zero-order chi connectivity index (χ0) is 13.8. The highest BCUT2D eigenvalue weighted by Crippen LogP contribution is 2.27. The third-order valence-electron chi connectivity index (χ3n) is 2.51. The number of hydrogen-bond acceptors (Lipinski definition) is 5. The van der Waals surface area contributed by atoms with Gasteiger partial charge >= 0.3 is 0 Å². The van der Waals surface area contributed by atoms with Gasteiger partial charge in [0.2, 0.25) is 5.89 Å². The lowest BCUT2D eigenvalue weighted by atomic mass is 9.97. The topological polar surface area (TPSA) is 64.9 Å². The van der Waals surface area contributed by atoms with Crippen LogP contribution in [0.2, 0.25) is 0 Å². The fourth-order valence-electron chi connectivity index (χ4n) is 1.64. The fourth-order valence-corrected chi connectivity index (χ4v) is 2.32. The van der Waals surface area contributed by atoms with Crippen molar-refractivity contribution in [3.05, 3.63) is 11.7 Å². The smallest absolute Gasteiger partial charge is 0.231 e. The first kappa shape index (κ1) is 15.5. The molecule has 0 amide bonds. The molecule has 5 heteroatoms. The van der Waals surface area contributed by atoms with E-state index in [1.807, 2.05) is 11.8 Å². The molecule has 0 radical (unpaired) electrons. The summed E-state index contributed by atoms with van der Waals surface area (Å²) in [4.78, 5) is 4.46. The zero-order valence-electron chi connectivity index (χ0n) is 12.1. The van der Waals surface area contributed by atoms with Crippen LogP contribution in [0.15, 0.2) is 4.52 Å². The summed E-state index contributed by atoms with van der Waals surface area (Å²) >= 11 is 1.82. The van der Waals surface area contributed by atoms with Crippen LogP contribution in [0.5, 0.6) is 0 Å². The first-order valence-electron chi connectivity index (χ1n) is 6.48. The van der Waals surface area contributed by atoms with Crippen molar-refractivity contribution in [3.63, 3.8) is 0 Å². The summed E-state index contributed by atoms with van der Waals surface area (Å²) in [5, 5.41) is 4.03. The summed E-state index contributed by atoms with van der Waals surface area (Å²) in [5.74, 6) is 3.01. The SMILES string of the molecule is CC(C)CC(CN)c1nc(CSC(C)(C)C)no1. The van der Waals surface area contributed by atoms with Crippen LogP contribution in [0, 0.1) is 5.92 Å². The van der Waals surface area contributed by atoms with Crippen molar-refractivity contribution in [3.8, 4) is 0 Å². The molecule has 0 bridgehead atoms. The highest BCUT2D eigenvalue weighted by molar-refractivity contribution is 7.99. The molecule has 0 saturated heterocycles. The van der Waals surface area contributed by atoms with Crippen LogP contribution < -0.4 is 5.73 Å². The molecule has 4 nitrogen and oxygen atoms in total. The third kappa shape index (κ3) is 5.40. The first-order chi connectivity index (χ1) is 8.31. The quantitative estimate of drug-likeness (QED) is 0.860. The van der Waals surface area contributed by atoms with Crippen LogP contribution >= 0.6 is 11.8 Å². The third-order valence-corrected chi connectivity index (χ3v) is 3.78. The van der Waals surface area contributed by atoms with E-state index in [0.717, 1.165) is 18.0 Å². The monoisotopic (exact) mass is 271 g/mol. The van der Waals surface area contributed by atoms with Gasteiger partial charge in [0, 0.05) is 11.3 Å². The maximum atomic E-state index is 5.77. The molecule has 18 heavy (non-hydrogen) atoms. The molecule has 2 N–H and O–H groups in total. The van der Waals surface area contributed by atoms with Gasteiger partial charge in [0.25, 0.3) is 0 Å². The summed E-state index contributed by atoms with van der Waals surface area (Å²) in [6.07, 6.45) is 0.991. The summed E-state index contributed by atoms with van der Waals surface area (Å²) < 4.78 is 5.54. The minimum absolute atomic E-state index is 0.186. The Labute approximate surface area is 114 Å². The summed E-state index contributed by atoms with van der Waals surface area (Å²) in [7, 11) is 0. The van der Waals surface area contributed by atoms with E-state index in [1.54, 1.807) is 0 Å². The Morgan fingerprint density at radius 2 is 2.00 bits per heavy atom. The van der Waals surface area contributed by atoms with Gasteiger partial charge in [0.1, 0.15) is 0 Å². The van der Waals surface area contributed by atoms with E-state index in [-0.39, 0.29) is 10.7 Å². The van der Waals surface area contributed by atoms with Gasteiger partial charge in [-0.2, -0.15) is 4.98 Å². The largest absolute Gasteiger partial charge is 0.339 e. The van der Waals surface area contributed by atoms with Crippen molar-refractivity contribution in [1.29, 1.82) is 0 Å². The van der Waals surface area contributed by atoms with Crippen molar-refractivity contribution in [2.24, 2.45) is 11.7 Å². The van der Waals surface area contributed by atoms with Gasteiger partial charge in [-0.05, 0) is 12.3 Å². The van der Waals surface area contributed by atoms with Crippen LogP contribution in [-0.2, 0) is 5.75 Å². The molecule has 0 saturated carbocycles. The minimum atomic E-state index is 0.186. The summed E-state index contributed by atoms with van der Waals surface area (Å²) in [5.41, 5.74) is 5.77. The van der Waals surface area contributed by atoms with E-state index in [2.05, 4.69) is 44.8 Å². The van der Waals surface area contributed by atoms with Crippen LogP contribution in [0.25, 0.3) is 0 Å². The second kappa shape index (κ2) is 6.57. The Hall–Kier alpha value is -0.550. The Bertz CT molecular complexity index is 357. The van der Waals surface area contributed by atoms with Crippen molar-refractivity contribution in [1.82, 2.24) is 10.1 Å². The second-order valence-electron chi connectivity index (χ2n) is 6.01. The van der Waals surface area contributed by atoms with E-state index in [4.69, 9.17) is 10.3 Å². The predicted octanol–water partition coefficient (Wildman–Crippen LogP) is 3.19. The lowest BCUT2D eigenvalue weighted by Gasteiger charge is -2.15. The molecule has 1 heterocycles. The van der Waals surface area contributed by atoms with Crippen molar-refractivity contribution in [2.75, 3.05) is 6.54 Å². The van der Waals surface area contributed by atoms with Crippen LogP contribution in [0.3, 0.4) is 0 Å². The van der Waals surface area contributed by atoms with Crippen molar-refractivity contribution < 1.29 is 4.52 Å². The fraction of sp³-hybridized carbons (Fsp3) is 0.846. The molecule has 0 aliphatic carbocycles. The maximum absolute atomic E-state index is 5.77. The van der Waals surface area contributed by atoms with Gasteiger partial charge in [-0.15, -0.1) is 11.8 Å². The molecule has 1 aromatic rings. The minimum Gasteiger partial charge on any atom is -0.339 e. The van der Waals surface area contributed by atoms with Gasteiger partial charge in [-0.25, -0.2) is 0 Å². The van der Waals surface area contributed by atoms with Crippen LogP contribution in [0.4, 0.5) is 0 Å². The number of nitrogens with zero attached hydrogens (tertiary/aromatic N) is 2. The molecule has 104 valence electrons. The Morgan fingerprint density at radius 1 is 1.33 bits per heavy atom.